The Kier molecular flexibility index (Phi) is 5.78. The number of benzene rings is 1. The molecule has 6 nitrogen and oxygen atoms in total. The zero-order valence-electron chi connectivity index (χ0n) is 13.6. The molecule has 1 aliphatic carbocycles. The van der Waals surface area contributed by atoms with Crippen molar-refractivity contribution in [2.75, 3.05) is 20.1 Å². The van der Waals surface area contributed by atoms with E-state index in [4.69, 9.17) is 5.11 Å². The molecule has 1 saturated carbocycles. The standard InChI is InChI=1S/C16H24N2O4S/c1-12-14(16(19)20)8-5-9-15(12)23(21,22)17-10-11-18(2)13-6-3-4-7-13/h5,8-9,13,17H,3-4,6-7,10-11H2,1-2H3,(H,19,20). The summed E-state index contributed by atoms with van der Waals surface area (Å²) in [5, 5.41) is 9.10. The minimum Gasteiger partial charge on any atom is -0.478 e. The summed E-state index contributed by atoms with van der Waals surface area (Å²) in [5.41, 5.74) is 0.271. The molecule has 0 spiro atoms. The summed E-state index contributed by atoms with van der Waals surface area (Å²) in [5.74, 6) is -1.12. The number of aromatic carboxylic acids is 1. The molecule has 0 aliphatic heterocycles. The summed E-state index contributed by atoms with van der Waals surface area (Å²) in [6.07, 6.45) is 4.82. The van der Waals surface area contributed by atoms with Crippen LogP contribution < -0.4 is 4.72 Å². The maximum Gasteiger partial charge on any atom is 0.335 e. The van der Waals surface area contributed by atoms with Crippen molar-refractivity contribution < 1.29 is 18.3 Å². The zero-order chi connectivity index (χ0) is 17.0. The summed E-state index contributed by atoms with van der Waals surface area (Å²) in [4.78, 5) is 13.3. The summed E-state index contributed by atoms with van der Waals surface area (Å²) < 4.78 is 27.4. The number of nitrogens with zero attached hydrogens (tertiary/aromatic N) is 1. The van der Waals surface area contributed by atoms with Crippen LogP contribution in [0.25, 0.3) is 0 Å². The molecule has 1 aliphatic rings. The number of carboxylic acids is 1. The summed E-state index contributed by atoms with van der Waals surface area (Å²) in [6.45, 7) is 2.47. The summed E-state index contributed by atoms with van der Waals surface area (Å²) >= 11 is 0. The molecule has 0 aromatic heterocycles. The van der Waals surface area contributed by atoms with E-state index >= 15 is 0 Å². The molecule has 0 amide bonds. The van der Waals surface area contributed by atoms with Gasteiger partial charge in [0.15, 0.2) is 0 Å². The number of rotatable bonds is 7. The Balaban J connectivity index is 2.02. The van der Waals surface area contributed by atoms with Crippen LogP contribution in [0.4, 0.5) is 0 Å². The first-order chi connectivity index (χ1) is 10.8. The molecule has 0 unspecified atom stereocenters. The van der Waals surface area contributed by atoms with Crippen LogP contribution in [0.5, 0.6) is 0 Å². The molecule has 1 fully saturated rings. The second kappa shape index (κ2) is 7.42. The van der Waals surface area contributed by atoms with Crippen LogP contribution in [-0.2, 0) is 10.0 Å². The number of carbonyl (C=O) groups is 1. The zero-order valence-corrected chi connectivity index (χ0v) is 14.4. The third kappa shape index (κ3) is 4.31. The van der Waals surface area contributed by atoms with Crippen LogP contribution in [0.2, 0.25) is 0 Å². The van der Waals surface area contributed by atoms with E-state index in [9.17, 15) is 13.2 Å². The highest BCUT2D eigenvalue weighted by molar-refractivity contribution is 7.89. The minimum atomic E-state index is -3.71. The van der Waals surface area contributed by atoms with Gasteiger partial charge in [0.05, 0.1) is 10.5 Å². The van der Waals surface area contributed by atoms with Gasteiger partial charge >= 0.3 is 5.97 Å². The lowest BCUT2D eigenvalue weighted by Gasteiger charge is -2.24. The van der Waals surface area contributed by atoms with E-state index in [1.165, 1.54) is 50.8 Å². The maximum absolute atomic E-state index is 12.4. The van der Waals surface area contributed by atoms with Crippen LogP contribution in [-0.4, -0.2) is 50.6 Å². The van der Waals surface area contributed by atoms with Crippen molar-refractivity contribution in [1.82, 2.24) is 9.62 Å². The molecule has 7 heteroatoms. The highest BCUT2D eigenvalue weighted by Crippen LogP contribution is 2.22. The number of carboxylic acid groups (broad SMARTS) is 1. The molecule has 128 valence electrons. The molecular weight excluding hydrogens is 316 g/mol. The predicted octanol–water partition coefficient (Wildman–Crippen LogP) is 1.85. The molecule has 2 N–H and O–H groups in total. The van der Waals surface area contributed by atoms with Crippen molar-refractivity contribution in [3.05, 3.63) is 29.3 Å². The Morgan fingerprint density at radius 2 is 2.00 bits per heavy atom. The van der Waals surface area contributed by atoms with Crippen molar-refractivity contribution >= 4 is 16.0 Å². The van der Waals surface area contributed by atoms with E-state index in [1.54, 1.807) is 0 Å². The molecule has 1 aromatic rings. The maximum atomic E-state index is 12.4. The Hall–Kier alpha value is -1.44. The molecule has 2 rings (SSSR count). The van der Waals surface area contributed by atoms with Gasteiger partial charge in [-0.05, 0) is 44.5 Å². The number of sulfonamides is 1. The number of hydrogen-bond acceptors (Lipinski definition) is 4. The molecule has 0 atom stereocenters. The van der Waals surface area contributed by atoms with Crippen molar-refractivity contribution in [2.45, 2.75) is 43.5 Å². The third-order valence-electron chi connectivity index (χ3n) is 4.51. The highest BCUT2D eigenvalue weighted by Gasteiger charge is 2.22. The Morgan fingerprint density at radius 3 is 2.61 bits per heavy atom. The minimum absolute atomic E-state index is 0.0101. The number of hydrogen-bond donors (Lipinski definition) is 2. The van der Waals surface area contributed by atoms with E-state index in [1.807, 2.05) is 7.05 Å². The summed E-state index contributed by atoms with van der Waals surface area (Å²) in [6, 6.07) is 4.84. The normalized spacial score (nSPS) is 16.1. The quantitative estimate of drug-likeness (QED) is 0.791. The molecule has 0 heterocycles. The topological polar surface area (TPSA) is 86.7 Å². The van der Waals surface area contributed by atoms with Gasteiger partial charge in [-0.1, -0.05) is 18.9 Å². The Labute approximate surface area is 137 Å². The molecule has 0 radical (unpaired) electrons. The van der Waals surface area contributed by atoms with E-state index in [-0.39, 0.29) is 16.0 Å². The third-order valence-corrected chi connectivity index (χ3v) is 6.11. The van der Waals surface area contributed by atoms with Gasteiger partial charge in [0.25, 0.3) is 0 Å². The fraction of sp³-hybridized carbons (Fsp3) is 0.562. The number of nitrogens with one attached hydrogen (secondary N) is 1. The van der Waals surface area contributed by atoms with Gasteiger partial charge in [-0.3, -0.25) is 0 Å². The first-order valence-corrected chi connectivity index (χ1v) is 9.34. The molecule has 1 aromatic carbocycles. The molecule has 0 bridgehead atoms. The van der Waals surface area contributed by atoms with E-state index in [0.29, 0.717) is 19.1 Å². The van der Waals surface area contributed by atoms with Crippen LogP contribution in [0.15, 0.2) is 23.1 Å². The van der Waals surface area contributed by atoms with Crippen molar-refractivity contribution in [3.63, 3.8) is 0 Å². The smallest absolute Gasteiger partial charge is 0.335 e. The van der Waals surface area contributed by atoms with Crippen molar-refractivity contribution in [1.29, 1.82) is 0 Å². The second-order valence-corrected chi connectivity index (χ2v) is 7.79. The predicted molar refractivity (Wildman–Crippen MR) is 88.2 cm³/mol. The van der Waals surface area contributed by atoms with Gasteiger partial charge in [-0.25, -0.2) is 17.9 Å². The Morgan fingerprint density at radius 1 is 1.35 bits per heavy atom. The lowest BCUT2D eigenvalue weighted by atomic mass is 10.1. The first-order valence-electron chi connectivity index (χ1n) is 7.86. The second-order valence-electron chi connectivity index (χ2n) is 6.05. The molecular formula is C16H24N2O4S. The average Bonchev–Trinajstić information content (AvgIpc) is 3.00. The van der Waals surface area contributed by atoms with Gasteiger partial charge in [0.1, 0.15) is 0 Å². The number of likely N-dealkylation sites (N-methyl/N-ethyl adjacent to an activating group) is 1. The van der Waals surface area contributed by atoms with E-state index in [2.05, 4.69) is 9.62 Å². The van der Waals surface area contributed by atoms with Crippen molar-refractivity contribution in [3.8, 4) is 0 Å². The van der Waals surface area contributed by atoms with E-state index in [0.717, 1.165) is 0 Å². The van der Waals surface area contributed by atoms with Gasteiger partial charge in [-0.15, -0.1) is 0 Å². The van der Waals surface area contributed by atoms with Gasteiger partial charge in [0.2, 0.25) is 10.0 Å². The van der Waals surface area contributed by atoms with E-state index < -0.39 is 16.0 Å². The monoisotopic (exact) mass is 340 g/mol. The van der Waals surface area contributed by atoms with Crippen molar-refractivity contribution in [2.24, 2.45) is 0 Å². The van der Waals surface area contributed by atoms with Gasteiger partial charge in [-0.2, -0.15) is 0 Å². The highest BCUT2D eigenvalue weighted by atomic mass is 32.2. The summed E-state index contributed by atoms with van der Waals surface area (Å²) in [7, 11) is -1.69. The van der Waals surface area contributed by atoms with Gasteiger partial charge in [0, 0.05) is 19.1 Å². The lowest BCUT2D eigenvalue weighted by molar-refractivity contribution is 0.0696. The largest absolute Gasteiger partial charge is 0.478 e. The van der Waals surface area contributed by atoms with Crippen LogP contribution in [0.1, 0.15) is 41.6 Å². The van der Waals surface area contributed by atoms with Crippen LogP contribution in [0, 0.1) is 6.92 Å². The lowest BCUT2D eigenvalue weighted by Crippen LogP contribution is -2.37. The fourth-order valence-electron chi connectivity index (χ4n) is 3.10. The van der Waals surface area contributed by atoms with Crippen LogP contribution in [0.3, 0.4) is 0 Å². The molecule has 23 heavy (non-hydrogen) atoms. The van der Waals surface area contributed by atoms with Crippen LogP contribution >= 0.6 is 0 Å². The fourth-order valence-corrected chi connectivity index (χ4v) is 4.39. The molecule has 0 saturated heterocycles. The average molecular weight is 340 g/mol. The first kappa shape index (κ1) is 17.9. The van der Waals surface area contributed by atoms with Gasteiger partial charge < -0.3 is 10.0 Å². The Bertz CT molecular complexity index is 667. The SMILES string of the molecule is Cc1c(C(=O)O)cccc1S(=O)(=O)NCCN(C)C1CCCC1.